The van der Waals surface area contributed by atoms with Gasteiger partial charge in [0.1, 0.15) is 11.9 Å². The van der Waals surface area contributed by atoms with E-state index in [0.717, 1.165) is 68.4 Å². The molecule has 1 aliphatic heterocycles. The number of rotatable bonds is 7. The molecule has 2 heterocycles. The van der Waals surface area contributed by atoms with Gasteiger partial charge in [0.05, 0.1) is 10.5 Å². The highest BCUT2D eigenvalue weighted by molar-refractivity contribution is 6.35. The summed E-state index contributed by atoms with van der Waals surface area (Å²) in [5.41, 5.74) is 2.86. The van der Waals surface area contributed by atoms with E-state index >= 15 is 0 Å². The lowest BCUT2D eigenvalue weighted by Gasteiger charge is -2.32. The summed E-state index contributed by atoms with van der Waals surface area (Å²) in [5.74, 6) is 1.01. The van der Waals surface area contributed by atoms with Crippen molar-refractivity contribution < 1.29 is 9.53 Å². The number of hydrogen-bond donors (Lipinski definition) is 0. The Morgan fingerprint density at radius 3 is 2.66 bits per heavy atom. The monoisotopic (exact) mass is 410 g/mol. The number of hydrogen-bond acceptors (Lipinski definition) is 3. The maximum atomic E-state index is 11.4. The summed E-state index contributed by atoms with van der Waals surface area (Å²) < 4.78 is 8.33. The third kappa shape index (κ3) is 4.49. The minimum Gasteiger partial charge on any atom is -0.490 e. The lowest BCUT2D eigenvalue weighted by Crippen LogP contribution is -2.39. The number of carbonyl (C=O) groups is 1. The first-order chi connectivity index (χ1) is 14.2. The van der Waals surface area contributed by atoms with Crippen LogP contribution in [0.15, 0.2) is 48.7 Å². The molecule has 0 unspecified atom stereocenters. The van der Waals surface area contributed by atoms with Crippen molar-refractivity contribution in [1.82, 2.24) is 9.47 Å². The Morgan fingerprint density at radius 2 is 1.90 bits per heavy atom. The maximum Gasteiger partial charge on any atom is 0.152 e. The molecule has 0 amide bonds. The van der Waals surface area contributed by atoms with Gasteiger partial charge in [-0.05, 0) is 50.4 Å². The highest BCUT2D eigenvalue weighted by Gasteiger charge is 2.21. The largest absolute Gasteiger partial charge is 0.490 e. The van der Waals surface area contributed by atoms with E-state index in [2.05, 4.69) is 28.5 Å². The van der Waals surface area contributed by atoms with Crippen LogP contribution in [0.5, 0.6) is 5.75 Å². The molecule has 4 rings (SSSR count). The number of halogens is 1. The number of ether oxygens (including phenoxy) is 1. The highest BCUT2D eigenvalue weighted by atomic mass is 35.5. The SMILES string of the molecule is Cc1ccccc1OC1CCN(CCCn2cc(C=O)c3cccc(Cl)c32)CC1. The molecule has 0 spiro atoms. The molecule has 0 bridgehead atoms. The molecule has 152 valence electrons. The lowest BCUT2D eigenvalue weighted by molar-refractivity contribution is 0.0987. The number of benzene rings is 2. The Hall–Kier alpha value is -2.30. The fourth-order valence-electron chi connectivity index (χ4n) is 4.20. The molecule has 0 atom stereocenters. The van der Waals surface area contributed by atoms with Crippen LogP contribution in [-0.4, -0.2) is 41.5 Å². The number of aromatic nitrogens is 1. The normalized spacial score (nSPS) is 15.7. The van der Waals surface area contributed by atoms with Crippen molar-refractivity contribution in [2.24, 2.45) is 0 Å². The third-order valence-corrected chi connectivity index (χ3v) is 6.11. The first kappa shape index (κ1) is 20.0. The fourth-order valence-corrected chi connectivity index (χ4v) is 4.48. The smallest absolute Gasteiger partial charge is 0.152 e. The van der Waals surface area contributed by atoms with Crippen molar-refractivity contribution in [3.8, 4) is 5.75 Å². The molecule has 0 saturated carbocycles. The van der Waals surface area contributed by atoms with Crippen LogP contribution in [0, 0.1) is 6.92 Å². The molecular weight excluding hydrogens is 384 g/mol. The van der Waals surface area contributed by atoms with Gasteiger partial charge in [-0.3, -0.25) is 4.79 Å². The molecule has 1 aromatic heterocycles. The van der Waals surface area contributed by atoms with Crippen molar-refractivity contribution in [2.45, 2.75) is 38.8 Å². The second kappa shape index (κ2) is 9.02. The summed E-state index contributed by atoms with van der Waals surface area (Å²) in [7, 11) is 0. The van der Waals surface area contributed by atoms with Crippen LogP contribution < -0.4 is 4.74 Å². The summed E-state index contributed by atoms with van der Waals surface area (Å²) in [6, 6.07) is 14.0. The van der Waals surface area contributed by atoms with E-state index in [4.69, 9.17) is 16.3 Å². The number of carbonyl (C=O) groups excluding carboxylic acids is 1. The molecule has 0 radical (unpaired) electrons. The Labute approximate surface area is 177 Å². The van der Waals surface area contributed by atoms with E-state index in [1.165, 1.54) is 5.56 Å². The summed E-state index contributed by atoms with van der Waals surface area (Å²) in [4.78, 5) is 13.9. The molecule has 1 aliphatic rings. The van der Waals surface area contributed by atoms with Crippen molar-refractivity contribution in [1.29, 1.82) is 0 Å². The fraction of sp³-hybridized carbons (Fsp3) is 0.375. The lowest BCUT2D eigenvalue weighted by atomic mass is 10.1. The van der Waals surface area contributed by atoms with Gasteiger partial charge in [-0.2, -0.15) is 0 Å². The van der Waals surface area contributed by atoms with Gasteiger partial charge in [-0.1, -0.05) is 41.9 Å². The minimum absolute atomic E-state index is 0.301. The van der Waals surface area contributed by atoms with Gasteiger partial charge in [0, 0.05) is 36.8 Å². The maximum absolute atomic E-state index is 11.4. The van der Waals surface area contributed by atoms with Crippen molar-refractivity contribution in [3.05, 3.63) is 64.8 Å². The van der Waals surface area contributed by atoms with Gasteiger partial charge in [0.15, 0.2) is 6.29 Å². The first-order valence-electron chi connectivity index (χ1n) is 10.3. The standard InChI is InChI=1S/C24H27ClN2O2/c1-18-6-2-3-9-23(18)29-20-10-14-26(15-11-20)12-5-13-27-16-19(17-28)21-7-4-8-22(25)24(21)27/h2-4,6-9,16-17,20H,5,10-15H2,1H3. The zero-order valence-corrected chi connectivity index (χ0v) is 17.6. The average Bonchev–Trinajstić information content (AvgIpc) is 3.10. The second-order valence-electron chi connectivity index (χ2n) is 7.81. The third-order valence-electron chi connectivity index (χ3n) is 5.80. The highest BCUT2D eigenvalue weighted by Crippen LogP contribution is 2.28. The molecule has 1 fully saturated rings. The predicted molar refractivity (Wildman–Crippen MR) is 118 cm³/mol. The van der Waals surface area contributed by atoms with Crippen molar-refractivity contribution in [3.63, 3.8) is 0 Å². The van der Waals surface area contributed by atoms with Crippen LogP contribution in [0.3, 0.4) is 0 Å². The number of para-hydroxylation sites is 2. The van der Waals surface area contributed by atoms with Gasteiger partial charge in [-0.15, -0.1) is 0 Å². The Balaban J connectivity index is 1.29. The number of aryl methyl sites for hydroxylation is 2. The quantitative estimate of drug-likeness (QED) is 0.492. The van der Waals surface area contributed by atoms with Gasteiger partial charge < -0.3 is 14.2 Å². The molecule has 0 aliphatic carbocycles. The molecule has 29 heavy (non-hydrogen) atoms. The van der Waals surface area contributed by atoms with E-state index in [1.54, 1.807) is 0 Å². The number of nitrogens with zero attached hydrogens (tertiary/aromatic N) is 2. The molecule has 3 aromatic rings. The molecule has 0 N–H and O–H groups in total. The van der Waals surface area contributed by atoms with E-state index < -0.39 is 0 Å². The van der Waals surface area contributed by atoms with Gasteiger partial charge >= 0.3 is 0 Å². The van der Waals surface area contributed by atoms with Crippen LogP contribution in [0.1, 0.15) is 35.2 Å². The first-order valence-corrected chi connectivity index (χ1v) is 10.7. The van der Waals surface area contributed by atoms with Crippen LogP contribution in [-0.2, 0) is 6.54 Å². The molecule has 4 nitrogen and oxygen atoms in total. The Morgan fingerprint density at radius 1 is 1.10 bits per heavy atom. The van der Waals surface area contributed by atoms with Crippen molar-refractivity contribution >= 4 is 28.8 Å². The average molecular weight is 411 g/mol. The summed E-state index contributed by atoms with van der Waals surface area (Å²) in [5, 5.41) is 1.63. The van der Waals surface area contributed by atoms with Crippen LogP contribution in [0.25, 0.3) is 10.9 Å². The molecule has 5 heteroatoms. The summed E-state index contributed by atoms with van der Waals surface area (Å²) in [6.45, 7) is 6.11. The number of piperidine rings is 1. The van der Waals surface area contributed by atoms with Crippen LogP contribution in [0.4, 0.5) is 0 Å². The predicted octanol–water partition coefficient (Wildman–Crippen LogP) is 5.35. The number of fused-ring (bicyclic) bond motifs is 1. The summed E-state index contributed by atoms with van der Waals surface area (Å²) in [6.07, 6.45) is 6.27. The number of likely N-dealkylation sites (tertiary alicyclic amines) is 1. The topological polar surface area (TPSA) is 34.5 Å². The Bertz CT molecular complexity index is 990. The second-order valence-corrected chi connectivity index (χ2v) is 8.22. The van der Waals surface area contributed by atoms with Crippen molar-refractivity contribution in [2.75, 3.05) is 19.6 Å². The Kier molecular flexibility index (Phi) is 6.22. The zero-order chi connectivity index (χ0) is 20.2. The van der Waals surface area contributed by atoms with E-state index in [9.17, 15) is 4.79 Å². The summed E-state index contributed by atoms with van der Waals surface area (Å²) >= 11 is 6.39. The van der Waals surface area contributed by atoms with E-state index in [1.807, 2.05) is 36.5 Å². The van der Waals surface area contributed by atoms with Gasteiger partial charge in [0.2, 0.25) is 0 Å². The van der Waals surface area contributed by atoms with Gasteiger partial charge in [0.25, 0.3) is 0 Å². The molecule has 1 saturated heterocycles. The van der Waals surface area contributed by atoms with Crippen LogP contribution >= 0.6 is 11.6 Å². The van der Waals surface area contributed by atoms with E-state index in [-0.39, 0.29) is 0 Å². The van der Waals surface area contributed by atoms with Gasteiger partial charge in [-0.25, -0.2) is 0 Å². The minimum atomic E-state index is 0.301. The molecular formula is C24H27ClN2O2. The van der Waals surface area contributed by atoms with E-state index in [0.29, 0.717) is 16.7 Å². The molecule has 2 aromatic carbocycles. The number of aldehydes is 1. The zero-order valence-electron chi connectivity index (χ0n) is 16.8. The van der Waals surface area contributed by atoms with Crippen LogP contribution in [0.2, 0.25) is 5.02 Å².